The van der Waals surface area contributed by atoms with Crippen molar-refractivity contribution < 1.29 is 4.79 Å². The van der Waals surface area contributed by atoms with Crippen LogP contribution in [0.4, 0.5) is 0 Å². The first-order chi connectivity index (χ1) is 3.84. The van der Waals surface area contributed by atoms with Crippen LogP contribution >= 0.6 is 21.6 Å². The molecule has 0 saturated carbocycles. The lowest BCUT2D eigenvalue weighted by Gasteiger charge is -1.96. The number of hydrogen-bond acceptors (Lipinski definition) is 3. The van der Waals surface area contributed by atoms with Crippen LogP contribution < -0.4 is 0 Å². The van der Waals surface area contributed by atoms with Crippen LogP contribution in [0.15, 0.2) is 0 Å². The lowest BCUT2D eigenvalue weighted by atomic mass is 10.2. The molecule has 0 aromatic carbocycles. The molecule has 1 heterocycles. The van der Waals surface area contributed by atoms with Crippen molar-refractivity contribution in [2.45, 2.75) is 18.6 Å². The second-order valence-corrected chi connectivity index (χ2v) is 4.29. The van der Waals surface area contributed by atoms with E-state index in [0.717, 1.165) is 12.2 Å². The second-order valence-electron chi connectivity index (χ2n) is 1.72. The van der Waals surface area contributed by atoms with Crippen molar-refractivity contribution >= 4 is 27.4 Å². The third-order valence-electron chi connectivity index (χ3n) is 1.12. The Morgan fingerprint density at radius 1 is 1.88 bits per heavy atom. The molecule has 1 unspecified atom stereocenters. The van der Waals surface area contributed by atoms with E-state index in [9.17, 15) is 4.79 Å². The smallest absolute Gasteiger partial charge is 0.157 e. The molecule has 1 nitrogen and oxygen atoms in total. The zero-order chi connectivity index (χ0) is 5.98. The van der Waals surface area contributed by atoms with Crippen LogP contribution in [0.3, 0.4) is 0 Å². The Bertz CT molecular complexity index is 103. The SMILES string of the molecule is CCC1SSCC1=O. The van der Waals surface area contributed by atoms with E-state index in [-0.39, 0.29) is 0 Å². The topological polar surface area (TPSA) is 17.1 Å². The summed E-state index contributed by atoms with van der Waals surface area (Å²) in [6.45, 7) is 2.06. The molecule has 1 saturated heterocycles. The van der Waals surface area contributed by atoms with Crippen molar-refractivity contribution in [3.63, 3.8) is 0 Å². The van der Waals surface area contributed by atoms with Gasteiger partial charge in [0.1, 0.15) is 0 Å². The lowest BCUT2D eigenvalue weighted by molar-refractivity contribution is -0.115. The zero-order valence-corrected chi connectivity index (χ0v) is 6.35. The van der Waals surface area contributed by atoms with E-state index >= 15 is 0 Å². The van der Waals surface area contributed by atoms with Crippen molar-refractivity contribution in [2.75, 3.05) is 5.75 Å². The van der Waals surface area contributed by atoms with Gasteiger partial charge in [-0.3, -0.25) is 4.79 Å². The largest absolute Gasteiger partial charge is 0.297 e. The minimum atomic E-state index is 0.306. The molecule has 0 aliphatic carbocycles. The van der Waals surface area contributed by atoms with Crippen molar-refractivity contribution in [1.82, 2.24) is 0 Å². The van der Waals surface area contributed by atoms with Gasteiger partial charge in [-0.1, -0.05) is 28.5 Å². The summed E-state index contributed by atoms with van der Waals surface area (Å²) in [4.78, 5) is 10.8. The van der Waals surface area contributed by atoms with Gasteiger partial charge in [0.25, 0.3) is 0 Å². The summed E-state index contributed by atoms with van der Waals surface area (Å²) in [5, 5.41) is 0.306. The number of hydrogen-bond donors (Lipinski definition) is 0. The van der Waals surface area contributed by atoms with Gasteiger partial charge >= 0.3 is 0 Å². The molecule has 0 aromatic rings. The van der Waals surface area contributed by atoms with Gasteiger partial charge in [-0.05, 0) is 6.42 Å². The van der Waals surface area contributed by atoms with Crippen LogP contribution in [0.5, 0.6) is 0 Å². The quantitative estimate of drug-likeness (QED) is 0.527. The Balaban J connectivity index is 2.42. The fourth-order valence-electron chi connectivity index (χ4n) is 0.617. The van der Waals surface area contributed by atoms with Crippen LogP contribution in [0.1, 0.15) is 13.3 Å². The molecule has 0 bridgehead atoms. The molecule has 0 N–H and O–H groups in total. The molecule has 8 heavy (non-hydrogen) atoms. The van der Waals surface area contributed by atoms with Gasteiger partial charge in [0.15, 0.2) is 5.78 Å². The molecular weight excluding hydrogens is 140 g/mol. The summed E-state index contributed by atoms with van der Waals surface area (Å²) in [6.07, 6.45) is 0.997. The zero-order valence-electron chi connectivity index (χ0n) is 4.72. The molecule has 0 radical (unpaired) electrons. The molecule has 0 aromatic heterocycles. The monoisotopic (exact) mass is 148 g/mol. The van der Waals surface area contributed by atoms with E-state index < -0.39 is 0 Å². The molecule has 1 rings (SSSR count). The Hall–Kier alpha value is 0.370. The second kappa shape index (κ2) is 2.78. The number of carbonyl (C=O) groups is 1. The van der Waals surface area contributed by atoms with E-state index in [4.69, 9.17) is 0 Å². The maximum absolute atomic E-state index is 10.8. The minimum Gasteiger partial charge on any atom is -0.297 e. The van der Waals surface area contributed by atoms with E-state index in [1.54, 1.807) is 21.6 Å². The van der Waals surface area contributed by atoms with Gasteiger partial charge in [0.2, 0.25) is 0 Å². The highest BCUT2D eigenvalue weighted by atomic mass is 33.1. The van der Waals surface area contributed by atoms with E-state index in [0.29, 0.717) is 11.0 Å². The predicted molar refractivity (Wildman–Crippen MR) is 39.1 cm³/mol. The van der Waals surface area contributed by atoms with Crippen molar-refractivity contribution in [3.8, 4) is 0 Å². The van der Waals surface area contributed by atoms with Crippen LogP contribution in [0.2, 0.25) is 0 Å². The third kappa shape index (κ3) is 1.20. The Labute approximate surface area is 57.0 Å². The first kappa shape index (κ1) is 6.49. The maximum atomic E-state index is 10.8. The van der Waals surface area contributed by atoms with E-state index in [1.165, 1.54) is 0 Å². The summed E-state index contributed by atoms with van der Waals surface area (Å²) >= 11 is 0. The summed E-state index contributed by atoms with van der Waals surface area (Å²) in [6, 6.07) is 0. The fourth-order valence-corrected chi connectivity index (χ4v) is 3.37. The van der Waals surface area contributed by atoms with Crippen LogP contribution in [0.25, 0.3) is 0 Å². The predicted octanol–water partition coefficient (Wildman–Crippen LogP) is 1.73. The standard InChI is InChI=1S/C5H8OS2/c1-2-5-4(6)3-7-8-5/h5H,2-3H2,1H3. The van der Waals surface area contributed by atoms with Gasteiger partial charge in [0.05, 0.1) is 11.0 Å². The number of rotatable bonds is 1. The molecule has 0 spiro atoms. The summed E-state index contributed by atoms with van der Waals surface area (Å²) in [5.74, 6) is 1.14. The van der Waals surface area contributed by atoms with Gasteiger partial charge in [-0.15, -0.1) is 0 Å². The third-order valence-corrected chi connectivity index (χ3v) is 3.94. The van der Waals surface area contributed by atoms with E-state index in [1.807, 2.05) is 0 Å². The highest BCUT2D eigenvalue weighted by molar-refractivity contribution is 8.78. The van der Waals surface area contributed by atoms with E-state index in [2.05, 4.69) is 6.92 Å². The minimum absolute atomic E-state index is 0.306. The normalized spacial score (nSPS) is 29.1. The number of carbonyl (C=O) groups excluding carboxylic acids is 1. The van der Waals surface area contributed by atoms with Gasteiger partial charge in [-0.25, -0.2) is 0 Å². The Kier molecular flexibility index (Phi) is 2.26. The Morgan fingerprint density at radius 3 is 2.88 bits per heavy atom. The molecule has 1 fully saturated rings. The maximum Gasteiger partial charge on any atom is 0.157 e. The Morgan fingerprint density at radius 2 is 2.62 bits per heavy atom. The van der Waals surface area contributed by atoms with Crippen LogP contribution in [-0.4, -0.2) is 16.8 Å². The molecular formula is C5H8OS2. The molecule has 0 amide bonds. The van der Waals surface area contributed by atoms with Gasteiger partial charge < -0.3 is 0 Å². The van der Waals surface area contributed by atoms with Gasteiger partial charge in [0, 0.05) is 0 Å². The first-order valence-corrected chi connectivity index (χ1v) is 5.03. The summed E-state index contributed by atoms with van der Waals surface area (Å²) in [7, 11) is 3.40. The van der Waals surface area contributed by atoms with Crippen molar-refractivity contribution in [3.05, 3.63) is 0 Å². The molecule has 1 atom stereocenters. The molecule has 1 aliphatic rings. The molecule has 3 heteroatoms. The average molecular weight is 148 g/mol. The number of Topliss-reactive ketones (excluding diaryl/α,β-unsaturated/α-hetero) is 1. The number of ketones is 1. The van der Waals surface area contributed by atoms with Crippen LogP contribution in [0, 0.1) is 0 Å². The first-order valence-electron chi connectivity index (χ1n) is 2.65. The lowest BCUT2D eigenvalue weighted by Crippen LogP contribution is -2.10. The molecule has 1 aliphatic heterocycles. The van der Waals surface area contributed by atoms with Crippen LogP contribution in [-0.2, 0) is 4.79 Å². The fraction of sp³-hybridized carbons (Fsp3) is 0.800. The summed E-state index contributed by atoms with van der Waals surface area (Å²) in [5.41, 5.74) is 0. The summed E-state index contributed by atoms with van der Waals surface area (Å²) < 4.78 is 0. The van der Waals surface area contributed by atoms with Crippen molar-refractivity contribution in [1.29, 1.82) is 0 Å². The highest BCUT2D eigenvalue weighted by Gasteiger charge is 2.23. The molecule has 46 valence electrons. The highest BCUT2D eigenvalue weighted by Crippen LogP contribution is 2.36. The van der Waals surface area contributed by atoms with Crippen molar-refractivity contribution in [2.24, 2.45) is 0 Å². The van der Waals surface area contributed by atoms with Gasteiger partial charge in [-0.2, -0.15) is 0 Å². The average Bonchev–Trinajstić information content (AvgIpc) is 2.14.